The summed E-state index contributed by atoms with van der Waals surface area (Å²) in [6.45, 7) is 2.59. The summed E-state index contributed by atoms with van der Waals surface area (Å²) in [5.74, 6) is -1.14. The molecule has 0 bridgehead atoms. The summed E-state index contributed by atoms with van der Waals surface area (Å²) in [5.41, 5.74) is 3.36. The van der Waals surface area contributed by atoms with Crippen LogP contribution in [0.25, 0.3) is 17.0 Å². The van der Waals surface area contributed by atoms with Crippen LogP contribution in [-0.2, 0) is 16.1 Å². The highest BCUT2D eigenvalue weighted by Crippen LogP contribution is 2.25. The van der Waals surface area contributed by atoms with Crippen molar-refractivity contribution in [1.29, 1.82) is 5.26 Å². The zero-order valence-corrected chi connectivity index (χ0v) is 18.7. The molecule has 1 amide bonds. The van der Waals surface area contributed by atoms with Crippen molar-refractivity contribution in [1.82, 2.24) is 4.57 Å². The van der Waals surface area contributed by atoms with Gasteiger partial charge in [0.25, 0.3) is 5.91 Å². The maximum Gasteiger partial charge on any atom is 0.340 e. The first kappa shape index (κ1) is 22.6. The van der Waals surface area contributed by atoms with E-state index in [1.54, 1.807) is 37.3 Å². The van der Waals surface area contributed by atoms with Gasteiger partial charge in [0.05, 0.1) is 17.9 Å². The van der Waals surface area contributed by atoms with Crippen LogP contribution in [0.4, 0.5) is 5.69 Å². The number of carbonyl (C=O) groups is 2. The molecular weight excluding hydrogens is 426 g/mol. The number of nitrogens with zero attached hydrogens (tertiary/aromatic N) is 2. The van der Waals surface area contributed by atoms with E-state index in [9.17, 15) is 14.9 Å². The lowest BCUT2D eigenvalue weighted by molar-refractivity contribution is -0.112. The van der Waals surface area contributed by atoms with Crippen LogP contribution in [-0.4, -0.2) is 23.1 Å². The molecule has 1 N–H and O–H groups in total. The van der Waals surface area contributed by atoms with Gasteiger partial charge in [0, 0.05) is 29.2 Å². The third-order valence-electron chi connectivity index (χ3n) is 5.35. The number of hydrogen-bond acceptors (Lipinski definition) is 4. The van der Waals surface area contributed by atoms with Crippen molar-refractivity contribution < 1.29 is 14.3 Å². The Morgan fingerprint density at radius 1 is 1.00 bits per heavy atom. The van der Waals surface area contributed by atoms with E-state index >= 15 is 0 Å². The Bertz CT molecular complexity index is 1410. The number of aromatic nitrogens is 1. The molecule has 0 aliphatic carbocycles. The van der Waals surface area contributed by atoms with Gasteiger partial charge in [0.1, 0.15) is 11.6 Å². The smallest absolute Gasteiger partial charge is 0.340 e. The summed E-state index contributed by atoms with van der Waals surface area (Å²) >= 11 is 0. The summed E-state index contributed by atoms with van der Waals surface area (Å²) in [5, 5.41) is 13.3. The second-order valence-corrected chi connectivity index (χ2v) is 7.61. The van der Waals surface area contributed by atoms with Crippen molar-refractivity contribution >= 4 is 34.5 Å². The number of benzene rings is 3. The molecule has 0 saturated carbocycles. The van der Waals surface area contributed by atoms with Crippen LogP contribution in [0.15, 0.2) is 90.6 Å². The molecule has 0 saturated heterocycles. The lowest BCUT2D eigenvalue weighted by Crippen LogP contribution is -2.17. The van der Waals surface area contributed by atoms with E-state index < -0.39 is 11.9 Å². The molecule has 0 aliphatic rings. The molecule has 0 aliphatic heterocycles. The SMILES string of the molecule is CCOC(=O)c1ccccc1NC(=O)/C(C#N)=C/c1cn(Cc2ccccc2)c2ccccc12. The van der Waals surface area contributed by atoms with Gasteiger partial charge in [-0.3, -0.25) is 4.79 Å². The Balaban J connectivity index is 1.66. The zero-order chi connectivity index (χ0) is 23.9. The second kappa shape index (κ2) is 10.3. The van der Waals surface area contributed by atoms with Gasteiger partial charge in [0.2, 0.25) is 0 Å². The summed E-state index contributed by atoms with van der Waals surface area (Å²) < 4.78 is 7.16. The highest BCUT2D eigenvalue weighted by Gasteiger charge is 2.17. The Labute approximate surface area is 197 Å². The number of para-hydroxylation sites is 2. The molecular formula is C28H23N3O3. The van der Waals surface area contributed by atoms with Crippen LogP contribution in [0.1, 0.15) is 28.4 Å². The van der Waals surface area contributed by atoms with Crippen molar-refractivity contribution in [2.75, 3.05) is 11.9 Å². The number of esters is 1. The predicted molar refractivity (Wildman–Crippen MR) is 132 cm³/mol. The number of ether oxygens (including phenoxy) is 1. The molecule has 34 heavy (non-hydrogen) atoms. The summed E-state index contributed by atoms with van der Waals surface area (Å²) in [6, 6.07) is 26.5. The van der Waals surface area contributed by atoms with Crippen molar-refractivity contribution in [3.63, 3.8) is 0 Å². The van der Waals surface area contributed by atoms with Gasteiger partial charge in [0.15, 0.2) is 0 Å². The lowest BCUT2D eigenvalue weighted by Gasteiger charge is -2.09. The molecule has 0 radical (unpaired) electrons. The number of hydrogen-bond donors (Lipinski definition) is 1. The highest BCUT2D eigenvalue weighted by molar-refractivity contribution is 6.12. The molecule has 0 fully saturated rings. The fourth-order valence-corrected chi connectivity index (χ4v) is 3.77. The minimum absolute atomic E-state index is 0.0683. The van der Waals surface area contributed by atoms with Gasteiger partial charge in [-0.05, 0) is 36.8 Å². The van der Waals surface area contributed by atoms with Crippen LogP contribution in [0.3, 0.4) is 0 Å². The first-order valence-corrected chi connectivity index (χ1v) is 10.9. The van der Waals surface area contributed by atoms with Crippen LogP contribution in [0.2, 0.25) is 0 Å². The van der Waals surface area contributed by atoms with Gasteiger partial charge in [-0.1, -0.05) is 60.7 Å². The van der Waals surface area contributed by atoms with E-state index in [1.165, 1.54) is 0 Å². The first-order valence-electron chi connectivity index (χ1n) is 10.9. The number of rotatable bonds is 7. The van der Waals surface area contributed by atoms with Crippen LogP contribution < -0.4 is 5.32 Å². The quantitative estimate of drug-likeness (QED) is 0.232. The van der Waals surface area contributed by atoms with Gasteiger partial charge in [-0.25, -0.2) is 4.79 Å². The number of nitrogens with one attached hydrogen (secondary N) is 1. The van der Waals surface area contributed by atoms with E-state index in [-0.39, 0.29) is 17.7 Å². The molecule has 4 rings (SSSR count). The van der Waals surface area contributed by atoms with Crippen molar-refractivity contribution in [2.24, 2.45) is 0 Å². The van der Waals surface area contributed by atoms with Gasteiger partial charge >= 0.3 is 5.97 Å². The molecule has 0 unspecified atom stereocenters. The fraction of sp³-hybridized carbons (Fsp3) is 0.107. The van der Waals surface area contributed by atoms with Crippen LogP contribution in [0.5, 0.6) is 0 Å². The van der Waals surface area contributed by atoms with Crippen LogP contribution in [0, 0.1) is 11.3 Å². The monoisotopic (exact) mass is 449 g/mol. The molecule has 1 aromatic heterocycles. The Morgan fingerprint density at radius 3 is 2.47 bits per heavy atom. The van der Waals surface area contributed by atoms with Gasteiger partial charge < -0.3 is 14.6 Å². The minimum Gasteiger partial charge on any atom is -0.462 e. The molecule has 6 heteroatoms. The minimum atomic E-state index is -0.598. The Kier molecular flexibility index (Phi) is 6.85. The van der Waals surface area contributed by atoms with Gasteiger partial charge in [-0.15, -0.1) is 0 Å². The molecule has 168 valence electrons. The summed E-state index contributed by atoms with van der Waals surface area (Å²) in [7, 11) is 0. The van der Waals surface area contributed by atoms with Crippen molar-refractivity contribution in [3.8, 4) is 6.07 Å². The van der Waals surface area contributed by atoms with Gasteiger partial charge in [-0.2, -0.15) is 5.26 Å². The van der Waals surface area contributed by atoms with Crippen LogP contribution >= 0.6 is 0 Å². The molecule has 4 aromatic rings. The number of fused-ring (bicyclic) bond motifs is 1. The van der Waals surface area contributed by atoms with E-state index in [4.69, 9.17) is 4.74 Å². The average Bonchev–Trinajstić information content (AvgIpc) is 3.20. The largest absolute Gasteiger partial charge is 0.462 e. The standard InChI is InChI=1S/C28H23N3O3/c1-2-34-28(33)24-13-6-8-14-25(24)30-27(32)21(17-29)16-22-19-31(18-20-10-4-3-5-11-20)26-15-9-7-12-23(22)26/h3-16,19H,2,18H2,1H3,(H,30,32)/b21-16+. The maximum atomic E-state index is 13.0. The Hall–Kier alpha value is -4.63. The van der Waals surface area contributed by atoms with E-state index in [0.717, 1.165) is 22.0 Å². The second-order valence-electron chi connectivity index (χ2n) is 7.61. The van der Waals surface area contributed by atoms with E-state index in [0.29, 0.717) is 12.2 Å². The third-order valence-corrected chi connectivity index (χ3v) is 5.35. The maximum absolute atomic E-state index is 13.0. The first-order chi connectivity index (χ1) is 16.6. The summed E-state index contributed by atoms with van der Waals surface area (Å²) in [4.78, 5) is 25.2. The average molecular weight is 450 g/mol. The third kappa shape index (κ3) is 4.89. The van der Waals surface area contributed by atoms with E-state index in [2.05, 4.69) is 22.0 Å². The van der Waals surface area contributed by atoms with E-state index in [1.807, 2.05) is 54.7 Å². The zero-order valence-electron chi connectivity index (χ0n) is 18.7. The highest BCUT2D eigenvalue weighted by atomic mass is 16.5. The molecule has 1 heterocycles. The van der Waals surface area contributed by atoms with Crippen molar-refractivity contribution in [3.05, 3.63) is 107 Å². The molecule has 6 nitrogen and oxygen atoms in total. The predicted octanol–water partition coefficient (Wildman–Crippen LogP) is 5.41. The number of amides is 1. The number of nitriles is 1. The summed E-state index contributed by atoms with van der Waals surface area (Å²) in [6.07, 6.45) is 3.51. The molecule has 0 atom stereocenters. The number of carbonyl (C=O) groups excluding carboxylic acids is 2. The lowest BCUT2D eigenvalue weighted by atomic mass is 10.1. The normalized spacial score (nSPS) is 11.1. The fourth-order valence-electron chi connectivity index (χ4n) is 3.77. The number of anilines is 1. The Morgan fingerprint density at radius 2 is 1.71 bits per heavy atom. The topological polar surface area (TPSA) is 84.1 Å². The molecule has 3 aromatic carbocycles. The van der Waals surface area contributed by atoms with Crippen molar-refractivity contribution in [2.45, 2.75) is 13.5 Å². The molecule has 0 spiro atoms.